The number of nitrogens with one attached hydrogen (secondary N) is 1. The predicted octanol–water partition coefficient (Wildman–Crippen LogP) is 4.02. The number of hydrogen-bond donors (Lipinski definition) is 2. The van der Waals surface area contributed by atoms with Crippen molar-refractivity contribution in [3.05, 3.63) is 64.7 Å². The molecule has 4 heteroatoms. The van der Waals surface area contributed by atoms with Crippen LogP contribution in [0, 0.1) is 5.92 Å². The maximum absolute atomic E-state index is 11.9. The van der Waals surface area contributed by atoms with Gasteiger partial charge in [-0.15, -0.1) is 0 Å². The number of amides is 1. The molecule has 2 aromatic rings. The van der Waals surface area contributed by atoms with Crippen LogP contribution in [0.3, 0.4) is 0 Å². The van der Waals surface area contributed by atoms with Gasteiger partial charge in [-0.25, -0.2) is 0 Å². The number of anilines is 1. The zero-order valence-corrected chi connectivity index (χ0v) is 12.8. The van der Waals surface area contributed by atoms with Gasteiger partial charge in [0, 0.05) is 22.2 Å². The zero-order valence-electron chi connectivity index (χ0n) is 12.0. The number of aliphatic hydroxyl groups is 1. The largest absolute Gasteiger partial charge is 0.384 e. The number of benzene rings is 2. The lowest BCUT2D eigenvalue weighted by molar-refractivity contribution is -0.118. The lowest BCUT2D eigenvalue weighted by atomic mass is 9.99. The van der Waals surface area contributed by atoms with E-state index in [1.54, 1.807) is 18.2 Å². The van der Waals surface area contributed by atoms with E-state index in [1.165, 1.54) is 0 Å². The first-order valence-corrected chi connectivity index (χ1v) is 7.20. The first kappa shape index (κ1) is 15.5. The molecule has 0 radical (unpaired) electrons. The summed E-state index contributed by atoms with van der Waals surface area (Å²) >= 11 is 6.02. The van der Waals surface area contributed by atoms with E-state index in [0.29, 0.717) is 16.3 Å². The molecule has 0 saturated carbocycles. The Hall–Kier alpha value is -1.84. The molecule has 0 aliphatic heterocycles. The van der Waals surface area contributed by atoms with Crippen molar-refractivity contribution in [3.8, 4) is 0 Å². The van der Waals surface area contributed by atoms with Crippen LogP contribution in [0.4, 0.5) is 5.69 Å². The van der Waals surface area contributed by atoms with Gasteiger partial charge in [-0.1, -0.05) is 55.8 Å². The summed E-state index contributed by atoms with van der Waals surface area (Å²) in [5.41, 5.74) is 1.91. The molecule has 0 fully saturated rings. The SMILES string of the molecule is CC(C)C(=O)Nc1ccc(Cl)cc1[C@H](O)c1ccccc1. The van der Waals surface area contributed by atoms with E-state index in [4.69, 9.17) is 11.6 Å². The lowest BCUT2D eigenvalue weighted by Crippen LogP contribution is -2.19. The van der Waals surface area contributed by atoms with Crippen LogP contribution in [0.5, 0.6) is 0 Å². The highest BCUT2D eigenvalue weighted by molar-refractivity contribution is 6.30. The number of halogens is 1. The average Bonchev–Trinajstić information content (AvgIpc) is 2.49. The van der Waals surface area contributed by atoms with Crippen LogP contribution in [0.1, 0.15) is 31.1 Å². The van der Waals surface area contributed by atoms with Crippen LogP contribution in [0.2, 0.25) is 5.02 Å². The minimum absolute atomic E-state index is 0.0983. The van der Waals surface area contributed by atoms with Crippen LogP contribution in [-0.4, -0.2) is 11.0 Å². The zero-order chi connectivity index (χ0) is 15.4. The summed E-state index contributed by atoms with van der Waals surface area (Å²) in [7, 11) is 0. The van der Waals surface area contributed by atoms with E-state index in [9.17, 15) is 9.90 Å². The molecule has 110 valence electrons. The van der Waals surface area contributed by atoms with Crippen molar-refractivity contribution in [1.82, 2.24) is 0 Å². The molecule has 0 heterocycles. The van der Waals surface area contributed by atoms with Gasteiger partial charge in [0.25, 0.3) is 0 Å². The maximum atomic E-state index is 11.9. The predicted molar refractivity (Wildman–Crippen MR) is 85.4 cm³/mol. The van der Waals surface area contributed by atoms with Crippen LogP contribution in [-0.2, 0) is 4.79 Å². The molecule has 0 unspecified atom stereocenters. The number of rotatable bonds is 4. The standard InChI is InChI=1S/C17H18ClNO2/c1-11(2)17(21)19-15-9-8-13(18)10-14(15)16(20)12-6-4-3-5-7-12/h3-11,16,20H,1-2H3,(H,19,21)/t16-/m1/s1. The number of carbonyl (C=O) groups is 1. The molecule has 21 heavy (non-hydrogen) atoms. The number of hydrogen-bond acceptors (Lipinski definition) is 2. The lowest BCUT2D eigenvalue weighted by Gasteiger charge is -2.18. The summed E-state index contributed by atoms with van der Waals surface area (Å²) in [6, 6.07) is 14.3. The Labute approximate surface area is 129 Å². The van der Waals surface area contributed by atoms with Gasteiger partial charge in [0.2, 0.25) is 5.91 Å². The summed E-state index contributed by atoms with van der Waals surface area (Å²) in [6.07, 6.45) is -0.840. The van der Waals surface area contributed by atoms with Gasteiger partial charge in [0.1, 0.15) is 6.10 Å². The average molecular weight is 304 g/mol. The molecule has 0 aromatic heterocycles. The highest BCUT2D eigenvalue weighted by atomic mass is 35.5. The summed E-state index contributed by atoms with van der Waals surface area (Å²) in [5.74, 6) is -0.235. The van der Waals surface area contributed by atoms with Gasteiger partial charge in [0.05, 0.1) is 0 Å². The van der Waals surface area contributed by atoms with Gasteiger partial charge < -0.3 is 10.4 Å². The van der Waals surface area contributed by atoms with Crippen LogP contribution in [0.15, 0.2) is 48.5 Å². The molecule has 2 aromatic carbocycles. The monoisotopic (exact) mass is 303 g/mol. The number of carbonyl (C=O) groups excluding carboxylic acids is 1. The second kappa shape index (κ2) is 6.74. The molecule has 3 nitrogen and oxygen atoms in total. The van der Waals surface area contributed by atoms with Crippen molar-refractivity contribution in [2.45, 2.75) is 20.0 Å². The van der Waals surface area contributed by atoms with Crippen molar-refractivity contribution in [1.29, 1.82) is 0 Å². The summed E-state index contributed by atoms with van der Waals surface area (Å²) in [4.78, 5) is 11.9. The van der Waals surface area contributed by atoms with E-state index < -0.39 is 6.10 Å². The topological polar surface area (TPSA) is 49.3 Å². The Bertz CT molecular complexity index is 626. The first-order chi connectivity index (χ1) is 9.99. The Morgan fingerprint density at radius 2 is 1.81 bits per heavy atom. The molecule has 0 saturated heterocycles. The number of aliphatic hydroxyl groups excluding tert-OH is 1. The minimum Gasteiger partial charge on any atom is -0.384 e. The fraction of sp³-hybridized carbons (Fsp3) is 0.235. The van der Waals surface area contributed by atoms with E-state index in [2.05, 4.69) is 5.32 Å². The van der Waals surface area contributed by atoms with Gasteiger partial charge in [-0.05, 0) is 23.8 Å². The fourth-order valence-corrected chi connectivity index (χ4v) is 2.15. The third-order valence-corrected chi connectivity index (χ3v) is 3.44. The quantitative estimate of drug-likeness (QED) is 0.896. The van der Waals surface area contributed by atoms with Gasteiger partial charge in [0.15, 0.2) is 0 Å². The van der Waals surface area contributed by atoms with Gasteiger partial charge >= 0.3 is 0 Å². The third-order valence-electron chi connectivity index (χ3n) is 3.21. The smallest absolute Gasteiger partial charge is 0.226 e. The highest BCUT2D eigenvalue weighted by Crippen LogP contribution is 2.31. The highest BCUT2D eigenvalue weighted by Gasteiger charge is 2.17. The molecule has 2 rings (SSSR count). The third kappa shape index (κ3) is 3.84. The van der Waals surface area contributed by atoms with Crippen LogP contribution in [0.25, 0.3) is 0 Å². The Morgan fingerprint density at radius 1 is 1.14 bits per heavy atom. The molecule has 2 N–H and O–H groups in total. The summed E-state index contributed by atoms with van der Waals surface area (Å²) in [5, 5.41) is 13.9. The van der Waals surface area contributed by atoms with Crippen molar-refractivity contribution in [2.75, 3.05) is 5.32 Å². The van der Waals surface area contributed by atoms with Gasteiger partial charge in [-0.3, -0.25) is 4.79 Å². The van der Waals surface area contributed by atoms with Crippen molar-refractivity contribution < 1.29 is 9.90 Å². The van der Waals surface area contributed by atoms with Gasteiger partial charge in [-0.2, -0.15) is 0 Å². The summed E-state index contributed by atoms with van der Waals surface area (Å²) in [6.45, 7) is 3.64. The van der Waals surface area contributed by atoms with Crippen LogP contribution < -0.4 is 5.32 Å². The first-order valence-electron chi connectivity index (χ1n) is 6.82. The van der Waals surface area contributed by atoms with E-state index in [0.717, 1.165) is 5.56 Å². The molecule has 1 amide bonds. The van der Waals surface area contributed by atoms with E-state index in [-0.39, 0.29) is 11.8 Å². The second-order valence-corrected chi connectivity index (χ2v) is 5.63. The van der Waals surface area contributed by atoms with Crippen molar-refractivity contribution in [2.24, 2.45) is 5.92 Å². The molecule has 0 aliphatic carbocycles. The Balaban J connectivity index is 2.37. The fourth-order valence-electron chi connectivity index (χ4n) is 1.97. The molecule has 0 spiro atoms. The molecule has 1 atom stereocenters. The minimum atomic E-state index is -0.840. The second-order valence-electron chi connectivity index (χ2n) is 5.19. The normalized spacial score (nSPS) is 12.2. The Kier molecular flexibility index (Phi) is 4.99. The summed E-state index contributed by atoms with van der Waals surface area (Å²) < 4.78 is 0. The Morgan fingerprint density at radius 3 is 2.43 bits per heavy atom. The van der Waals surface area contributed by atoms with E-state index in [1.807, 2.05) is 44.2 Å². The molecular formula is C17H18ClNO2. The maximum Gasteiger partial charge on any atom is 0.226 e. The molecular weight excluding hydrogens is 286 g/mol. The molecule has 0 bridgehead atoms. The van der Waals surface area contributed by atoms with Crippen molar-refractivity contribution in [3.63, 3.8) is 0 Å². The van der Waals surface area contributed by atoms with Crippen molar-refractivity contribution >= 4 is 23.2 Å². The molecule has 0 aliphatic rings. The van der Waals surface area contributed by atoms with E-state index >= 15 is 0 Å². The van der Waals surface area contributed by atoms with Crippen LogP contribution >= 0.6 is 11.6 Å².